The van der Waals surface area contributed by atoms with E-state index in [1.54, 1.807) is 54.1 Å². The Morgan fingerprint density at radius 2 is 1.78 bits per heavy atom. The Balaban J connectivity index is 1.53. The van der Waals surface area contributed by atoms with Gasteiger partial charge in [-0.2, -0.15) is 18.4 Å². The van der Waals surface area contributed by atoms with E-state index in [9.17, 15) is 13.2 Å². The van der Waals surface area contributed by atoms with Crippen molar-refractivity contribution in [3.05, 3.63) is 107 Å². The van der Waals surface area contributed by atoms with Crippen molar-refractivity contribution in [1.82, 2.24) is 24.4 Å². The molecule has 1 N–H and O–H groups in total. The van der Waals surface area contributed by atoms with Crippen LogP contribution in [0, 0.1) is 11.3 Å². The van der Waals surface area contributed by atoms with Crippen LogP contribution in [-0.4, -0.2) is 36.1 Å². The van der Waals surface area contributed by atoms with Crippen molar-refractivity contribution in [2.24, 2.45) is 0 Å². The van der Waals surface area contributed by atoms with Gasteiger partial charge in [0.05, 0.1) is 23.5 Å². The van der Waals surface area contributed by atoms with Gasteiger partial charge < -0.3 is 14.8 Å². The number of anilines is 1. The van der Waals surface area contributed by atoms with Gasteiger partial charge >= 0.3 is 6.18 Å². The Labute approximate surface area is 217 Å². The van der Waals surface area contributed by atoms with Crippen LogP contribution in [0.1, 0.15) is 27.9 Å². The molecule has 37 heavy (non-hydrogen) atoms. The first-order chi connectivity index (χ1) is 17.8. The molecule has 4 aromatic rings. The van der Waals surface area contributed by atoms with Crippen LogP contribution >= 0.6 is 12.2 Å². The lowest BCUT2D eigenvalue weighted by Crippen LogP contribution is -2.37. The van der Waals surface area contributed by atoms with Crippen LogP contribution < -0.4 is 5.32 Å². The number of nitriles is 1. The van der Waals surface area contributed by atoms with Crippen LogP contribution in [0.5, 0.6) is 0 Å². The lowest BCUT2D eigenvalue weighted by atomic mass is 10.1. The average Bonchev–Trinajstić information content (AvgIpc) is 3.34. The first-order valence-electron chi connectivity index (χ1n) is 11.3. The van der Waals surface area contributed by atoms with Gasteiger partial charge in [-0.1, -0.05) is 30.3 Å². The van der Waals surface area contributed by atoms with Crippen molar-refractivity contribution in [2.75, 3.05) is 11.9 Å². The predicted molar refractivity (Wildman–Crippen MR) is 136 cm³/mol. The Hall–Kier alpha value is -4.30. The molecule has 2 aromatic heterocycles. The highest BCUT2D eigenvalue weighted by Crippen LogP contribution is 2.32. The molecule has 7 nitrogen and oxygen atoms in total. The van der Waals surface area contributed by atoms with E-state index >= 15 is 0 Å². The number of nitrogens with one attached hydrogen (secondary N) is 1. The molecule has 0 aliphatic carbocycles. The number of nitrogens with zero attached hydrogens (tertiary/aromatic N) is 6. The zero-order valence-corrected chi connectivity index (χ0v) is 20.4. The molecule has 0 fully saturated rings. The number of aromatic nitrogens is 4. The second-order valence-electron chi connectivity index (χ2n) is 8.15. The highest BCUT2D eigenvalue weighted by atomic mass is 32.1. The quantitative estimate of drug-likeness (QED) is 0.325. The van der Waals surface area contributed by atoms with Crippen LogP contribution in [0.3, 0.4) is 0 Å². The molecule has 0 amide bonds. The van der Waals surface area contributed by atoms with Crippen LogP contribution in [-0.2, 0) is 25.7 Å². The minimum Gasteiger partial charge on any atom is -0.344 e. The second kappa shape index (κ2) is 11.6. The van der Waals surface area contributed by atoms with Gasteiger partial charge in [-0.3, -0.25) is 0 Å². The Kier molecular flexibility index (Phi) is 8.10. The largest absolute Gasteiger partial charge is 0.416 e. The highest BCUT2D eigenvalue weighted by Gasteiger charge is 2.33. The van der Waals surface area contributed by atoms with E-state index < -0.39 is 11.7 Å². The molecule has 0 aliphatic rings. The van der Waals surface area contributed by atoms with E-state index in [2.05, 4.69) is 26.3 Å². The fourth-order valence-electron chi connectivity index (χ4n) is 3.76. The summed E-state index contributed by atoms with van der Waals surface area (Å²) in [6.45, 7) is 0.806. The van der Waals surface area contributed by atoms with Crippen LogP contribution in [0.4, 0.5) is 19.1 Å². The summed E-state index contributed by atoms with van der Waals surface area (Å²) < 4.78 is 42.9. The lowest BCUT2D eigenvalue weighted by Gasteiger charge is -2.27. The normalized spacial score (nSPS) is 11.1. The Morgan fingerprint density at radius 3 is 2.49 bits per heavy atom. The third kappa shape index (κ3) is 6.89. The van der Waals surface area contributed by atoms with Crippen LogP contribution in [0.25, 0.3) is 0 Å². The van der Waals surface area contributed by atoms with Crippen molar-refractivity contribution < 1.29 is 13.2 Å². The molecular formula is C26H22F3N7S. The molecule has 0 saturated heterocycles. The third-order valence-corrected chi connectivity index (χ3v) is 5.99. The zero-order valence-electron chi connectivity index (χ0n) is 19.6. The number of rotatable bonds is 8. The van der Waals surface area contributed by atoms with Crippen molar-refractivity contribution in [3.63, 3.8) is 0 Å². The van der Waals surface area contributed by atoms with Crippen LogP contribution in [0.2, 0.25) is 0 Å². The van der Waals surface area contributed by atoms with Gasteiger partial charge in [0.15, 0.2) is 5.11 Å². The molecule has 2 aromatic carbocycles. The first kappa shape index (κ1) is 25.8. The summed E-state index contributed by atoms with van der Waals surface area (Å²) in [5, 5.41) is 12.1. The molecule has 0 bridgehead atoms. The van der Waals surface area contributed by atoms with Gasteiger partial charge in [-0.25, -0.2) is 15.0 Å². The Bertz CT molecular complexity index is 1380. The van der Waals surface area contributed by atoms with E-state index in [-0.39, 0.29) is 23.2 Å². The predicted octanol–water partition coefficient (Wildman–Crippen LogP) is 5.05. The van der Waals surface area contributed by atoms with Gasteiger partial charge in [0.1, 0.15) is 0 Å². The average molecular weight is 522 g/mol. The van der Waals surface area contributed by atoms with E-state index in [4.69, 9.17) is 17.5 Å². The number of benzene rings is 2. The van der Waals surface area contributed by atoms with Crippen molar-refractivity contribution in [2.45, 2.75) is 25.7 Å². The molecular weight excluding hydrogens is 499 g/mol. The SMILES string of the molecule is N#Cc1ccc(Cn2cncc2CCN(Cc2ccccc2C(F)(F)F)C(=S)Nc2ncccn2)cc1. The summed E-state index contributed by atoms with van der Waals surface area (Å²) in [7, 11) is 0. The van der Waals surface area contributed by atoms with Crippen molar-refractivity contribution in [3.8, 4) is 6.07 Å². The molecule has 0 aliphatic heterocycles. The molecule has 11 heteroatoms. The van der Waals surface area contributed by atoms with Crippen LogP contribution in [0.15, 0.2) is 79.5 Å². The summed E-state index contributed by atoms with van der Waals surface area (Å²) in [5.41, 5.74) is 1.86. The van der Waals surface area contributed by atoms with Gasteiger partial charge in [0, 0.05) is 50.3 Å². The standard InChI is InChI=1S/C26H22F3N7S/c27-26(28,29)23-5-2-1-4-21(23)17-35(25(37)34-24-32-11-3-12-33-24)13-10-22-15-31-18-36(22)16-20-8-6-19(14-30)7-9-20/h1-9,11-12,15,18H,10,13,16-17H2,(H,32,33,34,37). The number of thiocarbonyl (C=S) groups is 1. The number of alkyl halides is 3. The number of halogens is 3. The summed E-state index contributed by atoms with van der Waals surface area (Å²) in [6.07, 6.45) is 2.50. The monoisotopic (exact) mass is 521 g/mol. The second-order valence-corrected chi connectivity index (χ2v) is 8.54. The lowest BCUT2D eigenvalue weighted by molar-refractivity contribution is -0.138. The van der Waals surface area contributed by atoms with Crippen molar-refractivity contribution in [1.29, 1.82) is 5.26 Å². The fourth-order valence-corrected chi connectivity index (χ4v) is 4.01. The highest BCUT2D eigenvalue weighted by molar-refractivity contribution is 7.80. The molecule has 0 radical (unpaired) electrons. The topological polar surface area (TPSA) is 82.7 Å². The first-order valence-corrected chi connectivity index (χ1v) is 11.7. The summed E-state index contributed by atoms with van der Waals surface area (Å²) in [4.78, 5) is 14.1. The molecule has 0 atom stereocenters. The fraction of sp³-hybridized carbons (Fsp3) is 0.192. The summed E-state index contributed by atoms with van der Waals surface area (Å²) in [6, 6.07) is 16.5. The summed E-state index contributed by atoms with van der Waals surface area (Å²) in [5.74, 6) is 0.257. The Morgan fingerprint density at radius 1 is 1.05 bits per heavy atom. The minimum atomic E-state index is -4.49. The smallest absolute Gasteiger partial charge is 0.344 e. The molecule has 2 heterocycles. The van der Waals surface area contributed by atoms with E-state index in [0.717, 1.165) is 17.3 Å². The maximum atomic E-state index is 13.6. The molecule has 4 rings (SSSR count). The maximum absolute atomic E-state index is 13.6. The third-order valence-electron chi connectivity index (χ3n) is 5.63. The van der Waals surface area contributed by atoms with E-state index in [1.807, 2.05) is 16.7 Å². The summed E-state index contributed by atoms with van der Waals surface area (Å²) >= 11 is 5.55. The molecule has 0 unspecified atom stereocenters. The molecule has 188 valence electrons. The van der Waals surface area contributed by atoms with Gasteiger partial charge in [-0.05, 0) is 47.6 Å². The molecule has 0 saturated carbocycles. The number of hydrogen-bond acceptors (Lipinski definition) is 5. The molecule has 0 spiro atoms. The zero-order chi connectivity index (χ0) is 26.3. The van der Waals surface area contributed by atoms with E-state index in [0.29, 0.717) is 25.1 Å². The van der Waals surface area contributed by atoms with Crippen molar-refractivity contribution >= 4 is 23.3 Å². The maximum Gasteiger partial charge on any atom is 0.416 e. The van der Waals surface area contributed by atoms with E-state index in [1.165, 1.54) is 12.1 Å². The number of imidazole rings is 1. The number of hydrogen-bond donors (Lipinski definition) is 1. The van der Waals surface area contributed by atoms with Gasteiger partial charge in [0.2, 0.25) is 5.95 Å². The van der Waals surface area contributed by atoms with Gasteiger partial charge in [0.25, 0.3) is 0 Å². The minimum absolute atomic E-state index is 0.0574. The van der Waals surface area contributed by atoms with Gasteiger partial charge in [-0.15, -0.1) is 0 Å².